The number of carbonyl (C=O) groups excluding carboxylic acids is 1. The molecule has 0 atom stereocenters. The minimum atomic E-state index is -0.294. The van der Waals surface area contributed by atoms with Crippen molar-refractivity contribution in [2.45, 2.75) is 12.8 Å². The lowest BCUT2D eigenvalue weighted by Crippen LogP contribution is -2.37. The number of nitrogens with zero attached hydrogens (tertiary/aromatic N) is 2. The Hall–Kier alpha value is -0.770. The fraction of sp³-hybridized carbons (Fsp3) is 0.833. The SMILES string of the molecule is CN(O)C(=O)N1CCCC1. The van der Waals surface area contributed by atoms with Gasteiger partial charge in [0.15, 0.2) is 0 Å². The minimum absolute atomic E-state index is 0.294. The van der Waals surface area contributed by atoms with Gasteiger partial charge in [0.1, 0.15) is 0 Å². The van der Waals surface area contributed by atoms with Crippen molar-refractivity contribution in [3.63, 3.8) is 0 Å². The molecule has 1 fully saturated rings. The van der Waals surface area contributed by atoms with Crippen molar-refractivity contribution in [1.29, 1.82) is 0 Å². The predicted molar refractivity (Wildman–Crippen MR) is 35.8 cm³/mol. The van der Waals surface area contributed by atoms with Gasteiger partial charge in [0.05, 0.1) is 0 Å². The van der Waals surface area contributed by atoms with E-state index in [1.807, 2.05) is 0 Å². The molecule has 10 heavy (non-hydrogen) atoms. The molecule has 0 bridgehead atoms. The summed E-state index contributed by atoms with van der Waals surface area (Å²) in [6.07, 6.45) is 2.11. The van der Waals surface area contributed by atoms with Crippen molar-refractivity contribution < 1.29 is 10.0 Å². The van der Waals surface area contributed by atoms with Crippen LogP contribution in [0.3, 0.4) is 0 Å². The van der Waals surface area contributed by atoms with E-state index in [4.69, 9.17) is 5.21 Å². The molecule has 1 rings (SSSR count). The molecule has 0 aromatic carbocycles. The Labute approximate surface area is 60.0 Å². The lowest BCUT2D eigenvalue weighted by molar-refractivity contribution is -0.0313. The van der Waals surface area contributed by atoms with E-state index in [1.165, 1.54) is 7.05 Å². The van der Waals surface area contributed by atoms with Gasteiger partial charge in [-0.1, -0.05) is 0 Å². The van der Waals surface area contributed by atoms with Gasteiger partial charge in [0, 0.05) is 20.1 Å². The Morgan fingerprint density at radius 1 is 1.50 bits per heavy atom. The highest BCUT2D eigenvalue weighted by Crippen LogP contribution is 2.08. The van der Waals surface area contributed by atoms with Gasteiger partial charge in [-0.2, -0.15) is 0 Å². The van der Waals surface area contributed by atoms with Crippen LogP contribution in [0, 0.1) is 0 Å². The van der Waals surface area contributed by atoms with Crippen molar-refractivity contribution in [3.8, 4) is 0 Å². The molecule has 0 aliphatic carbocycles. The van der Waals surface area contributed by atoms with Crippen LogP contribution in [0.4, 0.5) is 4.79 Å². The number of amides is 2. The molecule has 4 nitrogen and oxygen atoms in total. The van der Waals surface area contributed by atoms with Gasteiger partial charge in [-0.05, 0) is 12.8 Å². The second kappa shape index (κ2) is 2.88. The normalized spacial score (nSPS) is 17.6. The quantitative estimate of drug-likeness (QED) is 0.398. The molecule has 0 aromatic heterocycles. The maximum atomic E-state index is 10.9. The second-order valence-corrected chi connectivity index (χ2v) is 2.50. The first-order chi connectivity index (χ1) is 4.72. The van der Waals surface area contributed by atoms with Crippen LogP contribution >= 0.6 is 0 Å². The molecule has 0 unspecified atom stereocenters. The van der Waals surface area contributed by atoms with Crippen LogP contribution < -0.4 is 0 Å². The minimum Gasteiger partial charge on any atom is -0.323 e. The van der Waals surface area contributed by atoms with Crippen molar-refractivity contribution in [2.75, 3.05) is 20.1 Å². The first-order valence-electron chi connectivity index (χ1n) is 3.43. The number of hydroxylamine groups is 2. The summed E-state index contributed by atoms with van der Waals surface area (Å²) >= 11 is 0. The summed E-state index contributed by atoms with van der Waals surface area (Å²) in [6.45, 7) is 1.56. The van der Waals surface area contributed by atoms with Crippen molar-refractivity contribution in [3.05, 3.63) is 0 Å². The molecule has 1 aliphatic rings. The van der Waals surface area contributed by atoms with E-state index < -0.39 is 0 Å². The van der Waals surface area contributed by atoms with Crippen molar-refractivity contribution in [2.24, 2.45) is 0 Å². The standard InChI is InChI=1S/C6H12N2O2/c1-7(10)6(9)8-4-2-3-5-8/h10H,2-5H2,1H3. The van der Waals surface area contributed by atoms with Crippen LogP contribution in [0.1, 0.15) is 12.8 Å². The third-order valence-corrected chi connectivity index (χ3v) is 1.65. The van der Waals surface area contributed by atoms with Crippen LogP contribution in [0.15, 0.2) is 0 Å². The average Bonchev–Trinajstić information content (AvgIpc) is 2.36. The Morgan fingerprint density at radius 2 is 2.00 bits per heavy atom. The van der Waals surface area contributed by atoms with Crippen LogP contribution in [0.5, 0.6) is 0 Å². The van der Waals surface area contributed by atoms with E-state index in [9.17, 15) is 4.79 Å². The zero-order valence-electron chi connectivity index (χ0n) is 6.08. The third kappa shape index (κ3) is 1.39. The fourth-order valence-corrected chi connectivity index (χ4v) is 1.11. The molecule has 2 amide bonds. The number of likely N-dealkylation sites (tertiary alicyclic amines) is 1. The van der Waals surface area contributed by atoms with E-state index in [-0.39, 0.29) is 6.03 Å². The van der Waals surface area contributed by atoms with Crippen LogP contribution in [0.2, 0.25) is 0 Å². The van der Waals surface area contributed by atoms with Crippen LogP contribution in [-0.2, 0) is 0 Å². The Balaban J connectivity index is 2.40. The number of hydrogen-bond donors (Lipinski definition) is 1. The summed E-state index contributed by atoms with van der Waals surface area (Å²) in [7, 11) is 1.35. The van der Waals surface area contributed by atoms with E-state index >= 15 is 0 Å². The first kappa shape index (κ1) is 7.34. The molecule has 1 aliphatic heterocycles. The summed E-state index contributed by atoms with van der Waals surface area (Å²) in [5, 5.41) is 9.35. The fourth-order valence-electron chi connectivity index (χ4n) is 1.11. The van der Waals surface area contributed by atoms with E-state index in [0.717, 1.165) is 25.9 Å². The van der Waals surface area contributed by atoms with Gasteiger partial charge in [-0.3, -0.25) is 5.21 Å². The van der Waals surface area contributed by atoms with Gasteiger partial charge in [0.25, 0.3) is 0 Å². The molecule has 4 heteroatoms. The van der Waals surface area contributed by atoms with Gasteiger partial charge < -0.3 is 4.90 Å². The average molecular weight is 144 g/mol. The molecule has 1 heterocycles. The topological polar surface area (TPSA) is 43.8 Å². The van der Waals surface area contributed by atoms with Gasteiger partial charge in [0.2, 0.25) is 0 Å². The van der Waals surface area contributed by atoms with Crippen molar-refractivity contribution in [1.82, 2.24) is 9.96 Å². The second-order valence-electron chi connectivity index (χ2n) is 2.50. The summed E-state index contributed by atoms with van der Waals surface area (Å²) in [5.41, 5.74) is 0. The highest BCUT2D eigenvalue weighted by molar-refractivity contribution is 5.73. The number of rotatable bonds is 0. The molecule has 58 valence electrons. The molecule has 0 aromatic rings. The first-order valence-corrected chi connectivity index (χ1v) is 3.43. The van der Waals surface area contributed by atoms with Crippen molar-refractivity contribution >= 4 is 6.03 Å². The lowest BCUT2D eigenvalue weighted by atomic mass is 10.4. The summed E-state index contributed by atoms with van der Waals surface area (Å²) in [6, 6.07) is -0.294. The maximum absolute atomic E-state index is 10.9. The molecule has 1 saturated heterocycles. The van der Waals surface area contributed by atoms with E-state index in [2.05, 4.69) is 0 Å². The highest BCUT2D eigenvalue weighted by Gasteiger charge is 2.19. The smallest absolute Gasteiger partial charge is 0.323 e. The molecule has 1 N–H and O–H groups in total. The molecule has 0 saturated carbocycles. The Kier molecular flexibility index (Phi) is 2.11. The zero-order chi connectivity index (χ0) is 7.56. The molecule has 0 spiro atoms. The largest absolute Gasteiger partial charge is 0.343 e. The van der Waals surface area contributed by atoms with Crippen LogP contribution in [-0.4, -0.2) is 41.3 Å². The Morgan fingerprint density at radius 3 is 2.40 bits per heavy atom. The summed E-state index contributed by atoms with van der Waals surface area (Å²) in [4.78, 5) is 12.6. The Bertz CT molecular complexity index is 130. The van der Waals surface area contributed by atoms with Gasteiger partial charge in [-0.25, -0.2) is 9.86 Å². The zero-order valence-corrected chi connectivity index (χ0v) is 6.08. The van der Waals surface area contributed by atoms with Crippen LogP contribution in [0.25, 0.3) is 0 Å². The molecule has 0 radical (unpaired) electrons. The van der Waals surface area contributed by atoms with E-state index in [1.54, 1.807) is 4.90 Å². The maximum Gasteiger partial charge on any atom is 0.343 e. The van der Waals surface area contributed by atoms with E-state index in [0.29, 0.717) is 5.06 Å². The number of urea groups is 1. The number of hydrogen-bond acceptors (Lipinski definition) is 2. The van der Waals surface area contributed by atoms with Gasteiger partial charge >= 0.3 is 6.03 Å². The number of carbonyl (C=O) groups is 1. The predicted octanol–water partition coefficient (Wildman–Crippen LogP) is 0.523. The van der Waals surface area contributed by atoms with Gasteiger partial charge in [-0.15, -0.1) is 0 Å². The highest BCUT2D eigenvalue weighted by atomic mass is 16.5. The monoisotopic (exact) mass is 144 g/mol. The third-order valence-electron chi connectivity index (χ3n) is 1.65. The molecular formula is C6H12N2O2. The molecular weight excluding hydrogens is 132 g/mol. The lowest BCUT2D eigenvalue weighted by Gasteiger charge is -2.18. The summed E-state index contributed by atoms with van der Waals surface area (Å²) < 4.78 is 0. The summed E-state index contributed by atoms with van der Waals surface area (Å²) in [5.74, 6) is 0.